The highest BCUT2D eigenvalue weighted by Crippen LogP contribution is 2.09. The maximum Gasteiger partial charge on any atom is 0.321 e. The molecule has 8 heteroatoms. The molecule has 3 amide bonds. The Morgan fingerprint density at radius 3 is 2.77 bits per heavy atom. The van der Waals surface area contributed by atoms with Gasteiger partial charge in [-0.3, -0.25) is 14.9 Å². The number of esters is 1. The molecule has 0 saturated carbocycles. The lowest BCUT2D eigenvalue weighted by Crippen LogP contribution is -2.41. The third-order valence-corrected chi connectivity index (χ3v) is 3.40. The Hall–Kier alpha value is -2.61. The monoisotopic (exact) mass is 322 g/mol. The molecule has 0 radical (unpaired) electrons. The quantitative estimate of drug-likeness (QED) is 0.785. The number of hydrogen-bond acceptors (Lipinski definition) is 6. The van der Waals surface area contributed by atoms with E-state index >= 15 is 0 Å². The number of hydrogen-bond donors (Lipinski definition) is 2. The van der Waals surface area contributed by atoms with Crippen LogP contribution in [0.3, 0.4) is 0 Å². The summed E-state index contributed by atoms with van der Waals surface area (Å²) in [6, 6.07) is 6.31. The number of rotatable bonds is 6. The van der Waals surface area contributed by atoms with Gasteiger partial charge in [0, 0.05) is 4.88 Å². The molecule has 0 unspecified atom stereocenters. The third kappa shape index (κ3) is 5.41. The standard InChI is InChI=1S/C14H14N2O5S/c17-12(9-21-13(18)7-11-4-2-6-22-11)16-14(19)15-8-10-3-1-5-20-10/h1-6H,7-9H2,(H2,15,16,17,19). The second-order valence-corrected chi connectivity index (χ2v) is 5.26. The summed E-state index contributed by atoms with van der Waals surface area (Å²) in [5.74, 6) is -0.657. The van der Waals surface area contributed by atoms with Gasteiger partial charge < -0.3 is 14.5 Å². The Morgan fingerprint density at radius 2 is 2.09 bits per heavy atom. The average molecular weight is 322 g/mol. The predicted molar refractivity (Wildman–Crippen MR) is 78.1 cm³/mol. The van der Waals surface area contributed by atoms with E-state index in [0.717, 1.165) is 4.88 Å². The van der Waals surface area contributed by atoms with Gasteiger partial charge in [0.25, 0.3) is 5.91 Å². The summed E-state index contributed by atoms with van der Waals surface area (Å²) >= 11 is 1.43. The molecular weight excluding hydrogens is 308 g/mol. The number of carbonyl (C=O) groups excluding carboxylic acids is 3. The maximum absolute atomic E-state index is 11.5. The first-order chi connectivity index (χ1) is 10.6. The summed E-state index contributed by atoms with van der Waals surface area (Å²) in [6.45, 7) is -0.345. The summed E-state index contributed by atoms with van der Waals surface area (Å²) in [6.07, 6.45) is 1.59. The molecule has 0 bridgehead atoms. The Kier molecular flexibility index (Phi) is 5.73. The summed E-state index contributed by atoms with van der Waals surface area (Å²) in [5, 5.41) is 6.33. The van der Waals surface area contributed by atoms with Gasteiger partial charge in [-0.15, -0.1) is 11.3 Å². The summed E-state index contributed by atoms with van der Waals surface area (Å²) < 4.78 is 9.81. The van der Waals surface area contributed by atoms with Gasteiger partial charge in [0.15, 0.2) is 6.61 Å². The second kappa shape index (κ2) is 7.99. The lowest BCUT2D eigenvalue weighted by molar-refractivity contribution is -0.147. The van der Waals surface area contributed by atoms with Crippen LogP contribution >= 0.6 is 11.3 Å². The lowest BCUT2D eigenvalue weighted by atomic mass is 10.3. The number of furan rings is 1. The molecule has 116 valence electrons. The van der Waals surface area contributed by atoms with Crippen LogP contribution in [0.5, 0.6) is 0 Å². The number of urea groups is 1. The van der Waals surface area contributed by atoms with Gasteiger partial charge in [0.1, 0.15) is 5.76 Å². The molecule has 0 aliphatic heterocycles. The summed E-state index contributed by atoms with van der Waals surface area (Å²) in [5.41, 5.74) is 0. The Morgan fingerprint density at radius 1 is 1.23 bits per heavy atom. The van der Waals surface area contributed by atoms with Crippen molar-refractivity contribution in [2.75, 3.05) is 6.61 Å². The van der Waals surface area contributed by atoms with Gasteiger partial charge in [-0.1, -0.05) is 6.07 Å². The molecule has 0 fully saturated rings. The van der Waals surface area contributed by atoms with Crippen LogP contribution in [0.1, 0.15) is 10.6 Å². The van der Waals surface area contributed by atoms with E-state index in [9.17, 15) is 14.4 Å². The van der Waals surface area contributed by atoms with Gasteiger partial charge in [-0.25, -0.2) is 4.79 Å². The minimum absolute atomic E-state index is 0.107. The van der Waals surface area contributed by atoms with Crippen LogP contribution in [-0.4, -0.2) is 24.5 Å². The van der Waals surface area contributed by atoms with Gasteiger partial charge in [0.05, 0.1) is 19.2 Å². The highest BCUT2D eigenvalue weighted by atomic mass is 32.1. The zero-order chi connectivity index (χ0) is 15.8. The molecule has 0 spiro atoms. The van der Waals surface area contributed by atoms with Crippen LogP contribution in [-0.2, 0) is 27.3 Å². The molecule has 0 aromatic carbocycles. The van der Waals surface area contributed by atoms with Crippen molar-refractivity contribution in [3.63, 3.8) is 0 Å². The van der Waals surface area contributed by atoms with E-state index in [1.807, 2.05) is 11.4 Å². The predicted octanol–water partition coefficient (Wildman–Crippen LogP) is 1.45. The van der Waals surface area contributed by atoms with E-state index in [1.54, 1.807) is 18.2 Å². The van der Waals surface area contributed by atoms with Crippen molar-refractivity contribution < 1.29 is 23.5 Å². The van der Waals surface area contributed by atoms with E-state index < -0.39 is 24.5 Å². The minimum atomic E-state index is -0.698. The highest BCUT2D eigenvalue weighted by Gasteiger charge is 2.12. The third-order valence-electron chi connectivity index (χ3n) is 2.52. The van der Waals surface area contributed by atoms with Crippen molar-refractivity contribution in [1.82, 2.24) is 10.6 Å². The number of carbonyl (C=O) groups is 3. The first kappa shape index (κ1) is 15.8. The van der Waals surface area contributed by atoms with E-state index in [1.165, 1.54) is 17.6 Å². The summed E-state index contributed by atoms with van der Waals surface area (Å²) in [4.78, 5) is 35.2. The minimum Gasteiger partial charge on any atom is -0.467 e. The zero-order valence-electron chi connectivity index (χ0n) is 11.5. The van der Waals surface area contributed by atoms with E-state index in [-0.39, 0.29) is 13.0 Å². The first-order valence-corrected chi connectivity index (χ1v) is 7.29. The molecule has 7 nitrogen and oxygen atoms in total. The largest absolute Gasteiger partial charge is 0.467 e. The van der Waals surface area contributed by atoms with Crippen LogP contribution in [0.2, 0.25) is 0 Å². The highest BCUT2D eigenvalue weighted by molar-refractivity contribution is 7.10. The number of ether oxygens (including phenoxy) is 1. The van der Waals surface area contributed by atoms with Crippen molar-refractivity contribution in [3.8, 4) is 0 Å². The van der Waals surface area contributed by atoms with Crippen molar-refractivity contribution in [3.05, 3.63) is 46.5 Å². The smallest absolute Gasteiger partial charge is 0.321 e. The molecule has 0 atom stereocenters. The Labute approximate surface area is 130 Å². The van der Waals surface area contributed by atoms with E-state index in [4.69, 9.17) is 9.15 Å². The Balaban J connectivity index is 1.62. The van der Waals surface area contributed by atoms with Crippen molar-refractivity contribution >= 4 is 29.2 Å². The van der Waals surface area contributed by atoms with Crippen LogP contribution in [0.15, 0.2) is 40.3 Å². The van der Waals surface area contributed by atoms with Gasteiger partial charge in [-0.2, -0.15) is 0 Å². The molecule has 2 aromatic rings. The lowest BCUT2D eigenvalue weighted by Gasteiger charge is -2.06. The fourth-order valence-electron chi connectivity index (χ4n) is 1.54. The Bertz CT molecular complexity index is 622. The molecule has 2 N–H and O–H groups in total. The van der Waals surface area contributed by atoms with Crippen molar-refractivity contribution in [2.45, 2.75) is 13.0 Å². The first-order valence-electron chi connectivity index (χ1n) is 6.41. The van der Waals surface area contributed by atoms with Crippen LogP contribution in [0.4, 0.5) is 4.79 Å². The van der Waals surface area contributed by atoms with Gasteiger partial charge in [-0.05, 0) is 23.6 Å². The van der Waals surface area contributed by atoms with Crippen LogP contribution in [0.25, 0.3) is 0 Å². The zero-order valence-corrected chi connectivity index (χ0v) is 12.4. The van der Waals surface area contributed by atoms with Crippen molar-refractivity contribution in [1.29, 1.82) is 0 Å². The van der Waals surface area contributed by atoms with Gasteiger partial charge in [0.2, 0.25) is 0 Å². The molecule has 2 heterocycles. The summed E-state index contributed by atoms with van der Waals surface area (Å²) in [7, 11) is 0. The number of thiophene rings is 1. The average Bonchev–Trinajstić information content (AvgIpc) is 3.16. The normalized spacial score (nSPS) is 10.0. The fraction of sp³-hybridized carbons (Fsp3) is 0.214. The van der Waals surface area contributed by atoms with E-state index in [2.05, 4.69) is 10.6 Å². The number of nitrogens with one attached hydrogen (secondary N) is 2. The molecule has 0 aliphatic rings. The van der Waals surface area contributed by atoms with Gasteiger partial charge >= 0.3 is 12.0 Å². The molecule has 2 rings (SSSR count). The topological polar surface area (TPSA) is 97.6 Å². The molecule has 2 aromatic heterocycles. The van der Waals surface area contributed by atoms with Crippen LogP contribution in [0, 0.1) is 0 Å². The SMILES string of the molecule is O=C(COC(=O)Cc1cccs1)NC(=O)NCc1ccco1. The molecule has 0 saturated heterocycles. The number of imide groups is 1. The molecule has 0 aliphatic carbocycles. The molecular formula is C14H14N2O5S. The molecule has 22 heavy (non-hydrogen) atoms. The van der Waals surface area contributed by atoms with Crippen molar-refractivity contribution in [2.24, 2.45) is 0 Å². The van der Waals surface area contributed by atoms with Crippen LogP contribution < -0.4 is 10.6 Å². The maximum atomic E-state index is 11.5. The van der Waals surface area contributed by atoms with E-state index in [0.29, 0.717) is 5.76 Å². The number of amides is 3. The fourth-order valence-corrected chi connectivity index (χ4v) is 2.23. The second-order valence-electron chi connectivity index (χ2n) is 4.23.